The van der Waals surface area contributed by atoms with Gasteiger partial charge in [-0.05, 0) is 18.6 Å². The lowest BCUT2D eigenvalue weighted by Crippen LogP contribution is -2.16. The average Bonchev–Trinajstić information content (AvgIpc) is 2.05. The molecule has 0 aromatic heterocycles. The van der Waals surface area contributed by atoms with Crippen LogP contribution in [0.25, 0.3) is 0 Å². The predicted octanol–water partition coefficient (Wildman–Crippen LogP) is 2.26. The SMILES string of the molecule is C[C@@H](NC=O)c1ccccc1Br. The maximum Gasteiger partial charge on any atom is 0.207 e. The van der Waals surface area contributed by atoms with Crippen LogP contribution in [0.2, 0.25) is 0 Å². The minimum atomic E-state index is 0.0538. The highest BCUT2D eigenvalue weighted by Crippen LogP contribution is 2.21. The van der Waals surface area contributed by atoms with Gasteiger partial charge in [-0.2, -0.15) is 0 Å². The Bertz CT molecular complexity index is 275. The minimum absolute atomic E-state index is 0.0538. The van der Waals surface area contributed by atoms with Crippen molar-refractivity contribution in [1.82, 2.24) is 5.32 Å². The summed E-state index contributed by atoms with van der Waals surface area (Å²) in [5.41, 5.74) is 1.09. The molecule has 0 radical (unpaired) electrons. The Morgan fingerprint density at radius 2 is 2.17 bits per heavy atom. The van der Waals surface area contributed by atoms with Gasteiger partial charge in [0.05, 0.1) is 6.04 Å². The van der Waals surface area contributed by atoms with Crippen molar-refractivity contribution >= 4 is 22.3 Å². The van der Waals surface area contributed by atoms with E-state index in [1.807, 2.05) is 31.2 Å². The highest BCUT2D eigenvalue weighted by atomic mass is 79.9. The van der Waals surface area contributed by atoms with Crippen LogP contribution in [0.5, 0.6) is 0 Å². The summed E-state index contributed by atoms with van der Waals surface area (Å²) < 4.78 is 1.02. The van der Waals surface area contributed by atoms with Gasteiger partial charge in [-0.15, -0.1) is 0 Å². The van der Waals surface area contributed by atoms with Crippen LogP contribution in [-0.4, -0.2) is 6.41 Å². The van der Waals surface area contributed by atoms with Gasteiger partial charge in [-0.25, -0.2) is 0 Å². The van der Waals surface area contributed by atoms with E-state index in [0.717, 1.165) is 10.0 Å². The van der Waals surface area contributed by atoms with Gasteiger partial charge in [0.15, 0.2) is 0 Å². The average molecular weight is 228 g/mol. The highest BCUT2D eigenvalue weighted by Gasteiger charge is 2.05. The van der Waals surface area contributed by atoms with Crippen molar-refractivity contribution in [1.29, 1.82) is 0 Å². The number of nitrogens with one attached hydrogen (secondary N) is 1. The Balaban J connectivity index is 2.86. The molecule has 1 N–H and O–H groups in total. The Labute approximate surface area is 80.1 Å². The van der Waals surface area contributed by atoms with Crippen molar-refractivity contribution in [3.63, 3.8) is 0 Å². The smallest absolute Gasteiger partial charge is 0.207 e. The first kappa shape index (κ1) is 9.26. The first-order valence-corrected chi connectivity index (χ1v) is 4.49. The largest absolute Gasteiger partial charge is 0.352 e. The van der Waals surface area contributed by atoms with Crippen LogP contribution in [0.4, 0.5) is 0 Å². The molecule has 2 nitrogen and oxygen atoms in total. The van der Waals surface area contributed by atoms with Gasteiger partial charge in [0, 0.05) is 4.47 Å². The molecule has 1 aromatic carbocycles. The summed E-state index contributed by atoms with van der Waals surface area (Å²) in [6.45, 7) is 1.94. The number of carbonyl (C=O) groups excluding carboxylic acids is 1. The van der Waals surface area contributed by atoms with Crippen molar-refractivity contribution in [3.05, 3.63) is 34.3 Å². The third kappa shape index (κ3) is 2.08. The molecule has 0 aliphatic heterocycles. The Kier molecular flexibility index (Phi) is 3.29. The van der Waals surface area contributed by atoms with E-state index in [1.54, 1.807) is 0 Å². The van der Waals surface area contributed by atoms with E-state index in [1.165, 1.54) is 0 Å². The normalized spacial score (nSPS) is 12.2. The van der Waals surface area contributed by atoms with Crippen LogP contribution in [0, 0.1) is 0 Å². The zero-order chi connectivity index (χ0) is 8.97. The van der Waals surface area contributed by atoms with E-state index in [9.17, 15) is 4.79 Å². The van der Waals surface area contributed by atoms with Gasteiger partial charge >= 0.3 is 0 Å². The molecule has 1 aromatic rings. The van der Waals surface area contributed by atoms with Crippen molar-refractivity contribution in [2.45, 2.75) is 13.0 Å². The Morgan fingerprint density at radius 1 is 1.50 bits per heavy atom. The Morgan fingerprint density at radius 3 is 2.75 bits per heavy atom. The molecule has 64 valence electrons. The minimum Gasteiger partial charge on any atom is -0.352 e. The van der Waals surface area contributed by atoms with E-state index < -0.39 is 0 Å². The third-order valence-corrected chi connectivity index (χ3v) is 2.41. The second-order valence-corrected chi connectivity index (χ2v) is 3.38. The van der Waals surface area contributed by atoms with Gasteiger partial charge in [0.25, 0.3) is 0 Å². The van der Waals surface area contributed by atoms with Crippen LogP contribution >= 0.6 is 15.9 Å². The summed E-state index contributed by atoms with van der Waals surface area (Å²) in [4.78, 5) is 10.2. The molecule has 1 rings (SSSR count). The quantitative estimate of drug-likeness (QED) is 0.790. The lowest BCUT2D eigenvalue weighted by Gasteiger charge is -2.11. The highest BCUT2D eigenvalue weighted by molar-refractivity contribution is 9.10. The monoisotopic (exact) mass is 227 g/mol. The molecule has 0 fully saturated rings. The van der Waals surface area contributed by atoms with E-state index in [4.69, 9.17) is 0 Å². The van der Waals surface area contributed by atoms with Crippen LogP contribution in [-0.2, 0) is 4.79 Å². The molecule has 0 unspecified atom stereocenters. The standard InChI is InChI=1S/C9H10BrNO/c1-7(11-6-12)8-4-2-3-5-9(8)10/h2-7H,1H3,(H,11,12)/t7-/m1/s1. The lowest BCUT2D eigenvalue weighted by atomic mass is 10.1. The molecule has 0 saturated heterocycles. The molecule has 1 atom stereocenters. The summed E-state index contributed by atoms with van der Waals surface area (Å²) in [5, 5.41) is 2.69. The van der Waals surface area contributed by atoms with Crippen molar-refractivity contribution in [2.24, 2.45) is 0 Å². The van der Waals surface area contributed by atoms with E-state index in [2.05, 4.69) is 21.2 Å². The van der Waals surface area contributed by atoms with Gasteiger partial charge in [0.2, 0.25) is 6.41 Å². The molecule has 0 aliphatic carbocycles. The number of amides is 1. The van der Waals surface area contributed by atoms with Crippen molar-refractivity contribution in [2.75, 3.05) is 0 Å². The fourth-order valence-electron chi connectivity index (χ4n) is 1.02. The van der Waals surface area contributed by atoms with Gasteiger partial charge in [-0.1, -0.05) is 34.1 Å². The first-order chi connectivity index (χ1) is 5.75. The number of carbonyl (C=O) groups is 1. The molecule has 12 heavy (non-hydrogen) atoms. The van der Waals surface area contributed by atoms with Gasteiger partial charge in [0.1, 0.15) is 0 Å². The van der Waals surface area contributed by atoms with Crippen molar-refractivity contribution in [3.8, 4) is 0 Å². The van der Waals surface area contributed by atoms with E-state index in [0.29, 0.717) is 6.41 Å². The van der Waals surface area contributed by atoms with Crippen LogP contribution in [0.15, 0.2) is 28.7 Å². The second-order valence-electron chi connectivity index (χ2n) is 2.53. The topological polar surface area (TPSA) is 29.1 Å². The number of hydrogen-bond acceptors (Lipinski definition) is 1. The fraction of sp³-hybridized carbons (Fsp3) is 0.222. The van der Waals surface area contributed by atoms with Crippen LogP contribution in [0.3, 0.4) is 0 Å². The maximum atomic E-state index is 10.2. The molecular weight excluding hydrogens is 218 g/mol. The zero-order valence-corrected chi connectivity index (χ0v) is 8.34. The summed E-state index contributed by atoms with van der Waals surface area (Å²) in [7, 11) is 0. The van der Waals surface area contributed by atoms with Gasteiger partial charge in [-0.3, -0.25) is 4.79 Å². The third-order valence-electron chi connectivity index (χ3n) is 1.69. The van der Waals surface area contributed by atoms with E-state index >= 15 is 0 Å². The molecular formula is C9H10BrNO. The number of benzene rings is 1. The first-order valence-electron chi connectivity index (χ1n) is 3.70. The van der Waals surface area contributed by atoms with Crippen LogP contribution in [0.1, 0.15) is 18.5 Å². The number of rotatable bonds is 3. The van der Waals surface area contributed by atoms with Crippen molar-refractivity contribution < 1.29 is 4.79 Å². The molecule has 0 aliphatic rings. The zero-order valence-electron chi connectivity index (χ0n) is 6.75. The second kappa shape index (κ2) is 4.26. The number of hydrogen-bond donors (Lipinski definition) is 1. The summed E-state index contributed by atoms with van der Waals surface area (Å²) in [6, 6.07) is 7.88. The fourth-order valence-corrected chi connectivity index (χ4v) is 1.65. The molecule has 1 amide bonds. The Hall–Kier alpha value is -0.830. The lowest BCUT2D eigenvalue weighted by molar-refractivity contribution is -0.110. The van der Waals surface area contributed by atoms with Gasteiger partial charge < -0.3 is 5.32 Å². The maximum absolute atomic E-state index is 10.2. The molecule has 0 spiro atoms. The molecule has 0 saturated carbocycles. The molecule has 0 heterocycles. The van der Waals surface area contributed by atoms with E-state index in [-0.39, 0.29) is 6.04 Å². The van der Waals surface area contributed by atoms with Crippen LogP contribution < -0.4 is 5.32 Å². The predicted molar refractivity (Wildman–Crippen MR) is 51.8 cm³/mol. The molecule has 3 heteroatoms. The number of halogens is 1. The summed E-state index contributed by atoms with van der Waals surface area (Å²) in [6.07, 6.45) is 0.712. The summed E-state index contributed by atoms with van der Waals surface area (Å²) in [5.74, 6) is 0. The molecule has 0 bridgehead atoms. The summed E-state index contributed by atoms with van der Waals surface area (Å²) >= 11 is 3.41.